The highest BCUT2D eigenvalue weighted by atomic mass is 16.5. The minimum atomic E-state index is -0.974. The largest absolute Gasteiger partial charge is 0.497 e. The second-order valence-corrected chi connectivity index (χ2v) is 9.11. The third-order valence-electron chi connectivity index (χ3n) is 6.67. The van der Waals surface area contributed by atoms with E-state index in [1.807, 2.05) is 31.2 Å². The number of benzene rings is 3. The predicted molar refractivity (Wildman–Crippen MR) is 140 cm³/mol. The fraction of sp³-hybridized carbons (Fsp3) is 0.250. The molecule has 0 fully saturated rings. The number of hydrogen-bond donors (Lipinski definition) is 2. The maximum Gasteiger partial charge on any atom is 0.337 e. The van der Waals surface area contributed by atoms with Crippen molar-refractivity contribution in [3.63, 3.8) is 0 Å². The molecule has 0 saturated carbocycles. The minimum absolute atomic E-state index is 0.0855. The summed E-state index contributed by atoms with van der Waals surface area (Å²) >= 11 is 0. The number of aromatic carboxylic acids is 1. The van der Waals surface area contributed by atoms with Crippen LogP contribution in [0, 0.1) is 6.92 Å². The smallest absolute Gasteiger partial charge is 0.337 e. The van der Waals surface area contributed by atoms with E-state index in [9.17, 15) is 14.7 Å². The van der Waals surface area contributed by atoms with Crippen molar-refractivity contribution in [3.05, 3.63) is 92.8 Å². The zero-order chi connectivity index (χ0) is 25.4. The molecule has 1 aliphatic heterocycles. The number of carboxylic acids is 1. The van der Waals surface area contributed by atoms with Gasteiger partial charge in [-0.3, -0.25) is 9.36 Å². The Hall–Kier alpha value is -4.33. The molecule has 0 unspecified atom stereocenters. The maximum absolute atomic E-state index is 13.4. The van der Waals surface area contributed by atoms with Gasteiger partial charge in [-0.25, -0.2) is 9.78 Å². The molecule has 0 aliphatic carbocycles. The minimum Gasteiger partial charge on any atom is -0.497 e. The number of para-hydroxylation sites is 1. The molecule has 0 saturated heterocycles. The van der Waals surface area contributed by atoms with Crippen molar-refractivity contribution in [1.29, 1.82) is 0 Å². The second kappa shape index (κ2) is 9.37. The van der Waals surface area contributed by atoms with Gasteiger partial charge in [0.1, 0.15) is 5.75 Å². The van der Waals surface area contributed by atoms with Crippen molar-refractivity contribution in [2.24, 2.45) is 7.05 Å². The van der Waals surface area contributed by atoms with Crippen LogP contribution in [0.1, 0.15) is 32.6 Å². The molecule has 0 bridgehead atoms. The number of aromatic nitrogens is 2. The first-order chi connectivity index (χ1) is 17.4. The first-order valence-corrected chi connectivity index (χ1v) is 11.8. The Morgan fingerprint density at radius 1 is 1.11 bits per heavy atom. The third kappa shape index (κ3) is 4.26. The van der Waals surface area contributed by atoms with Crippen LogP contribution in [-0.2, 0) is 26.6 Å². The lowest BCUT2D eigenvalue weighted by Gasteiger charge is -2.21. The summed E-state index contributed by atoms with van der Waals surface area (Å²) < 4.78 is 6.99. The number of fused-ring (bicyclic) bond motifs is 2. The number of ether oxygens (including phenoxy) is 1. The number of hydrogen-bond acceptors (Lipinski definition) is 6. The van der Waals surface area contributed by atoms with Gasteiger partial charge in [0, 0.05) is 32.4 Å². The van der Waals surface area contributed by atoms with Crippen LogP contribution in [0.5, 0.6) is 5.75 Å². The number of carbonyl (C=O) groups is 1. The molecule has 8 heteroatoms. The molecule has 8 nitrogen and oxygen atoms in total. The highest BCUT2D eigenvalue weighted by Gasteiger charge is 2.24. The van der Waals surface area contributed by atoms with Gasteiger partial charge in [-0.05, 0) is 65.9 Å². The van der Waals surface area contributed by atoms with Crippen molar-refractivity contribution in [3.8, 4) is 5.75 Å². The van der Waals surface area contributed by atoms with Gasteiger partial charge < -0.3 is 20.1 Å². The number of carboxylic acid groups (broad SMARTS) is 1. The summed E-state index contributed by atoms with van der Waals surface area (Å²) in [5.74, 6) is 0.459. The molecule has 2 heterocycles. The van der Waals surface area contributed by atoms with Crippen molar-refractivity contribution < 1.29 is 14.6 Å². The normalized spacial score (nSPS) is 12.6. The lowest BCUT2D eigenvalue weighted by Crippen LogP contribution is -2.28. The second-order valence-electron chi connectivity index (χ2n) is 9.11. The Balaban J connectivity index is 1.47. The molecule has 0 amide bonds. The molecule has 0 spiro atoms. The Labute approximate surface area is 208 Å². The Morgan fingerprint density at radius 3 is 2.67 bits per heavy atom. The Bertz CT molecular complexity index is 1540. The van der Waals surface area contributed by atoms with Gasteiger partial charge in [0.15, 0.2) is 0 Å². The van der Waals surface area contributed by atoms with E-state index in [2.05, 4.69) is 16.3 Å². The summed E-state index contributed by atoms with van der Waals surface area (Å²) in [6.07, 6.45) is 0.586. The number of anilines is 2. The molecule has 4 aromatic rings. The fourth-order valence-electron chi connectivity index (χ4n) is 4.86. The van der Waals surface area contributed by atoms with E-state index in [0.717, 1.165) is 22.4 Å². The van der Waals surface area contributed by atoms with Crippen LogP contribution in [0.2, 0.25) is 0 Å². The molecule has 3 aromatic carbocycles. The van der Waals surface area contributed by atoms with E-state index in [1.54, 1.807) is 43.0 Å². The predicted octanol–water partition coefficient (Wildman–Crippen LogP) is 4.12. The van der Waals surface area contributed by atoms with Gasteiger partial charge in [-0.2, -0.15) is 0 Å². The fourth-order valence-corrected chi connectivity index (χ4v) is 4.86. The molecule has 0 radical (unpaired) electrons. The van der Waals surface area contributed by atoms with Crippen LogP contribution < -0.4 is 20.5 Å². The molecule has 1 aliphatic rings. The monoisotopic (exact) mass is 484 g/mol. The molecule has 184 valence electrons. The molecule has 5 rings (SSSR count). The Kier molecular flexibility index (Phi) is 6.10. The van der Waals surface area contributed by atoms with Crippen LogP contribution in [0.3, 0.4) is 0 Å². The zero-order valence-electron chi connectivity index (χ0n) is 20.5. The topological polar surface area (TPSA) is 96.7 Å². The summed E-state index contributed by atoms with van der Waals surface area (Å²) in [6.45, 7) is 3.78. The summed E-state index contributed by atoms with van der Waals surface area (Å²) in [5.41, 5.74) is 5.67. The Morgan fingerprint density at radius 2 is 1.89 bits per heavy atom. The quantitative estimate of drug-likeness (QED) is 0.407. The van der Waals surface area contributed by atoms with E-state index in [-0.39, 0.29) is 11.1 Å². The molecule has 2 N–H and O–H groups in total. The van der Waals surface area contributed by atoms with Crippen molar-refractivity contribution in [2.45, 2.75) is 26.4 Å². The van der Waals surface area contributed by atoms with E-state index in [1.165, 1.54) is 5.56 Å². The summed E-state index contributed by atoms with van der Waals surface area (Å²) in [7, 11) is 3.42. The number of methoxy groups -OCH3 is 1. The van der Waals surface area contributed by atoms with Gasteiger partial charge in [0.05, 0.1) is 23.6 Å². The summed E-state index contributed by atoms with van der Waals surface area (Å²) in [6, 6.07) is 16.8. The average Bonchev–Trinajstić information content (AvgIpc) is 3.29. The number of aryl methyl sites for hydroxylation is 1. The number of rotatable bonds is 7. The molecular formula is C28H28N4O4. The van der Waals surface area contributed by atoms with E-state index in [0.29, 0.717) is 48.6 Å². The molecule has 1 aromatic heterocycles. The number of nitrogens with zero attached hydrogens (tertiary/aromatic N) is 3. The van der Waals surface area contributed by atoms with Crippen molar-refractivity contribution >= 4 is 28.5 Å². The van der Waals surface area contributed by atoms with Crippen molar-refractivity contribution in [2.75, 3.05) is 23.9 Å². The van der Waals surface area contributed by atoms with Crippen LogP contribution >= 0.6 is 0 Å². The van der Waals surface area contributed by atoms with Crippen molar-refractivity contribution in [1.82, 2.24) is 9.55 Å². The van der Waals surface area contributed by atoms with Crippen LogP contribution in [0.15, 0.2) is 59.4 Å². The van der Waals surface area contributed by atoms with Gasteiger partial charge >= 0.3 is 5.97 Å². The zero-order valence-corrected chi connectivity index (χ0v) is 20.5. The number of nitrogens with one attached hydrogen (secondary N) is 1. The lowest BCUT2D eigenvalue weighted by molar-refractivity contribution is 0.0698. The first-order valence-electron chi connectivity index (χ1n) is 11.8. The maximum atomic E-state index is 13.4. The van der Waals surface area contributed by atoms with Gasteiger partial charge in [-0.15, -0.1) is 0 Å². The van der Waals surface area contributed by atoms with Crippen LogP contribution in [0.4, 0.5) is 11.6 Å². The SMILES string of the molecule is COc1ccc2c(c1)CN(c1nc3c(CCNc4ccccc4C(=O)O)cc(C)cc3c(=O)n1C)C2. The highest BCUT2D eigenvalue weighted by Crippen LogP contribution is 2.30. The highest BCUT2D eigenvalue weighted by molar-refractivity contribution is 5.94. The molecule has 0 atom stereocenters. The molecule has 36 heavy (non-hydrogen) atoms. The third-order valence-corrected chi connectivity index (χ3v) is 6.67. The standard InChI is InChI=1S/C28H28N4O4/c1-17-12-18(10-11-29-24-7-5-4-6-22(24)27(34)35)25-23(13-17)26(33)31(2)28(30-25)32-15-19-8-9-21(36-3)14-20(19)16-32/h4-9,12-14,29H,10-11,15-16H2,1-3H3,(H,34,35). The molecular weight excluding hydrogens is 456 g/mol. The lowest BCUT2D eigenvalue weighted by atomic mass is 10.0. The summed E-state index contributed by atoms with van der Waals surface area (Å²) in [5, 5.41) is 13.3. The first kappa shape index (κ1) is 23.4. The average molecular weight is 485 g/mol. The van der Waals surface area contributed by atoms with E-state index >= 15 is 0 Å². The summed E-state index contributed by atoms with van der Waals surface area (Å²) in [4.78, 5) is 32.0. The van der Waals surface area contributed by atoms with Gasteiger partial charge in [0.2, 0.25) is 5.95 Å². The van der Waals surface area contributed by atoms with Crippen LogP contribution in [-0.4, -0.2) is 34.3 Å². The van der Waals surface area contributed by atoms with E-state index < -0.39 is 5.97 Å². The van der Waals surface area contributed by atoms with Crippen LogP contribution in [0.25, 0.3) is 10.9 Å². The van der Waals surface area contributed by atoms with Gasteiger partial charge in [0.25, 0.3) is 5.56 Å². The van der Waals surface area contributed by atoms with Gasteiger partial charge in [-0.1, -0.05) is 24.3 Å². The van der Waals surface area contributed by atoms with E-state index in [4.69, 9.17) is 9.72 Å².